The third kappa shape index (κ3) is 8.36. The zero-order valence-electron chi connectivity index (χ0n) is 20.6. The molecule has 5 atom stereocenters. The average molecular weight is 584 g/mol. The molecule has 1 aliphatic heterocycles. The lowest BCUT2D eigenvalue weighted by atomic mass is 9.67. The molecule has 0 bridgehead atoms. The predicted molar refractivity (Wildman–Crippen MR) is 176 cm³/mol. The van der Waals surface area contributed by atoms with Crippen LogP contribution in [0, 0.1) is 29.2 Å². The van der Waals surface area contributed by atoms with Crippen LogP contribution in [-0.2, 0) is 27.3 Å². The predicted octanol–water partition coefficient (Wildman–Crippen LogP) is 8.15. The van der Waals surface area contributed by atoms with Crippen LogP contribution in [0.2, 0.25) is 0 Å². The highest BCUT2D eigenvalue weighted by Crippen LogP contribution is 2.44. The summed E-state index contributed by atoms with van der Waals surface area (Å²) in [6.45, 7) is 1.59. The van der Waals surface area contributed by atoms with E-state index in [0.717, 1.165) is 40.6 Å². The number of carbonyl (C=O) groups is 1. The molecule has 42 heavy (non-hydrogen) atoms. The molecular formula is C35H57N3O4. The maximum Gasteiger partial charge on any atom is 0.311 e. The van der Waals surface area contributed by atoms with Crippen LogP contribution in [0.25, 0.3) is 10.9 Å². The van der Waals surface area contributed by atoms with Crippen LogP contribution < -0.4 is 0 Å². The maximum absolute atomic E-state index is 12.9. The van der Waals surface area contributed by atoms with E-state index in [9.17, 15) is 15.2 Å². The lowest BCUT2D eigenvalue weighted by Gasteiger charge is -2.42. The number of fused-ring (bicyclic) bond motifs is 4. The summed E-state index contributed by atoms with van der Waals surface area (Å²) in [5.41, 5.74) is 4.25. The minimum absolute atomic E-state index is 0. The molecule has 1 fully saturated rings. The molecule has 0 spiro atoms. The van der Waals surface area contributed by atoms with Gasteiger partial charge in [0, 0.05) is 29.7 Å². The largest absolute Gasteiger partial charge is 0.469 e. The van der Waals surface area contributed by atoms with Gasteiger partial charge < -0.3 is 24.5 Å². The standard InChI is InChI=1S/C29H33N3O4.6CH4/c1-35-29(34)27-23-15-26(36-17-19-7-3-2-4-8-19)28-22(21-9-5-6-10-24(21)31-28)13-14-32(18-30)16-20(23)11-12-25(27)33;;;;;;/h2-10,20,23,25-27,31,33H,11-17H2,1H3;6*1H4/t20-,23-,25-,26-,27+;;;;;;/m0....../s1. The van der Waals surface area contributed by atoms with Gasteiger partial charge in [0.05, 0.1) is 31.8 Å². The van der Waals surface area contributed by atoms with Gasteiger partial charge in [-0.05, 0) is 54.7 Å². The Morgan fingerprint density at radius 1 is 1.02 bits per heavy atom. The fraction of sp³-hybridized carbons (Fsp3) is 0.543. The second kappa shape index (κ2) is 18.3. The van der Waals surface area contributed by atoms with Crippen molar-refractivity contribution in [2.24, 2.45) is 17.8 Å². The topological polar surface area (TPSA) is 98.6 Å². The molecule has 236 valence electrons. The highest BCUT2D eigenvalue weighted by Gasteiger charge is 2.45. The Morgan fingerprint density at radius 2 is 1.69 bits per heavy atom. The molecule has 2 N–H and O–H groups in total. The summed E-state index contributed by atoms with van der Waals surface area (Å²) in [7, 11) is 1.37. The van der Waals surface area contributed by atoms with Crippen molar-refractivity contribution < 1.29 is 19.4 Å². The Morgan fingerprint density at radius 3 is 2.36 bits per heavy atom. The zero-order valence-corrected chi connectivity index (χ0v) is 20.6. The molecule has 1 saturated carbocycles. The SMILES string of the molecule is C.C.C.C.C.C.COC(=O)[C@@H]1[C@H]2C[C@H](OCc3ccccc3)c3[nH]c4ccccc4c3CCN(C#N)C[C@@H]2CC[C@@H]1O. The molecule has 1 aliphatic carbocycles. The van der Waals surface area contributed by atoms with Crippen LogP contribution in [0.5, 0.6) is 0 Å². The van der Waals surface area contributed by atoms with Crippen LogP contribution in [0.15, 0.2) is 54.6 Å². The van der Waals surface area contributed by atoms with E-state index >= 15 is 0 Å². The van der Waals surface area contributed by atoms with Gasteiger partial charge in [-0.3, -0.25) is 4.79 Å². The Balaban J connectivity index is 0. The van der Waals surface area contributed by atoms with Gasteiger partial charge in [-0.15, -0.1) is 0 Å². The van der Waals surface area contributed by atoms with Crippen molar-refractivity contribution in [2.75, 3.05) is 20.2 Å². The number of nitrogens with zero attached hydrogens (tertiary/aromatic N) is 2. The van der Waals surface area contributed by atoms with E-state index in [0.29, 0.717) is 32.5 Å². The first kappa shape index (κ1) is 40.8. The van der Waals surface area contributed by atoms with Gasteiger partial charge in [-0.25, -0.2) is 0 Å². The molecule has 7 nitrogen and oxygen atoms in total. The Labute approximate surface area is 255 Å². The number of para-hydroxylation sites is 1. The first-order valence-corrected chi connectivity index (χ1v) is 12.7. The minimum Gasteiger partial charge on any atom is -0.469 e. The quantitative estimate of drug-likeness (QED) is 0.238. The van der Waals surface area contributed by atoms with Gasteiger partial charge in [-0.1, -0.05) is 93.1 Å². The third-order valence-corrected chi connectivity index (χ3v) is 7.96. The summed E-state index contributed by atoms with van der Waals surface area (Å²) in [4.78, 5) is 18.3. The van der Waals surface area contributed by atoms with Gasteiger partial charge in [0.2, 0.25) is 0 Å². The number of hydrogen-bond donors (Lipinski definition) is 2. The molecule has 0 unspecified atom stereocenters. The number of aliphatic hydroxyl groups excluding tert-OH is 1. The number of H-pyrrole nitrogens is 1. The second-order valence-electron chi connectivity index (χ2n) is 10.00. The monoisotopic (exact) mass is 583 g/mol. The van der Waals surface area contributed by atoms with Gasteiger partial charge >= 0.3 is 5.97 Å². The van der Waals surface area contributed by atoms with E-state index < -0.39 is 18.0 Å². The van der Waals surface area contributed by atoms with E-state index in [4.69, 9.17) is 9.47 Å². The molecule has 2 heterocycles. The summed E-state index contributed by atoms with van der Waals surface area (Å²) < 4.78 is 11.8. The van der Waals surface area contributed by atoms with E-state index in [1.165, 1.54) is 7.11 Å². The number of nitrogens with one attached hydrogen (secondary N) is 1. The molecule has 0 radical (unpaired) electrons. The van der Waals surface area contributed by atoms with Gasteiger partial charge in [0.15, 0.2) is 6.19 Å². The summed E-state index contributed by atoms with van der Waals surface area (Å²) in [5.74, 6) is -1.15. The van der Waals surface area contributed by atoms with Gasteiger partial charge in [0.1, 0.15) is 0 Å². The molecule has 0 amide bonds. The Kier molecular flexibility index (Phi) is 17.7. The molecular weight excluding hydrogens is 526 g/mol. The molecule has 3 aromatic rings. The normalized spacial score (nSPS) is 22.7. The van der Waals surface area contributed by atoms with Crippen molar-refractivity contribution in [1.29, 1.82) is 5.26 Å². The van der Waals surface area contributed by atoms with Crippen LogP contribution >= 0.6 is 0 Å². The fourth-order valence-electron chi connectivity index (χ4n) is 6.16. The fourth-order valence-corrected chi connectivity index (χ4v) is 6.16. The van der Waals surface area contributed by atoms with Crippen molar-refractivity contribution in [2.45, 2.75) is 89.1 Å². The van der Waals surface area contributed by atoms with Crippen LogP contribution in [0.4, 0.5) is 0 Å². The lowest BCUT2D eigenvalue weighted by Crippen LogP contribution is -2.47. The Bertz CT molecular complexity index is 1240. The summed E-state index contributed by atoms with van der Waals surface area (Å²) >= 11 is 0. The molecule has 0 saturated heterocycles. The van der Waals surface area contributed by atoms with Crippen LogP contribution in [0.1, 0.15) is 86.7 Å². The van der Waals surface area contributed by atoms with E-state index in [-0.39, 0.29) is 62.5 Å². The Hall–Kier alpha value is -3.34. The molecule has 2 aliphatic rings. The van der Waals surface area contributed by atoms with Gasteiger partial charge in [0.25, 0.3) is 0 Å². The smallest absolute Gasteiger partial charge is 0.311 e. The van der Waals surface area contributed by atoms with Crippen LogP contribution in [0.3, 0.4) is 0 Å². The molecule has 1 aromatic heterocycles. The average Bonchev–Trinajstić information content (AvgIpc) is 3.28. The number of esters is 1. The lowest BCUT2D eigenvalue weighted by molar-refractivity contribution is -0.158. The maximum atomic E-state index is 12.9. The number of hydrogen-bond acceptors (Lipinski definition) is 6. The van der Waals surface area contributed by atoms with Crippen molar-refractivity contribution in [3.05, 3.63) is 71.4 Å². The van der Waals surface area contributed by atoms with E-state index in [1.807, 2.05) is 42.5 Å². The van der Waals surface area contributed by atoms with Gasteiger partial charge in [-0.2, -0.15) is 5.26 Å². The number of aromatic nitrogens is 1. The highest BCUT2D eigenvalue weighted by atomic mass is 16.5. The first-order chi connectivity index (χ1) is 17.6. The summed E-state index contributed by atoms with van der Waals surface area (Å²) in [6.07, 6.45) is 3.84. The summed E-state index contributed by atoms with van der Waals surface area (Å²) in [5, 5.41) is 21.9. The number of carbonyl (C=O) groups excluding carboxylic acids is 1. The van der Waals surface area contributed by atoms with Crippen molar-refractivity contribution in [3.63, 3.8) is 0 Å². The number of ether oxygens (including phenoxy) is 2. The number of rotatable bonds is 4. The van der Waals surface area contributed by atoms with Crippen molar-refractivity contribution in [1.82, 2.24) is 9.88 Å². The number of methoxy groups -OCH3 is 1. The van der Waals surface area contributed by atoms with E-state index in [2.05, 4.69) is 23.3 Å². The second-order valence-corrected chi connectivity index (χ2v) is 10.00. The van der Waals surface area contributed by atoms with Crippen molar-refractivity contribution >= 4 is 16.9 Å². The minimum atomic E-state index is -0.769. The van der Waals surface area contributed by atoms with Crippen LogP contribution in [-0.4, -0.2) is 47.3 Å². The number of nitriles is 1. The first-order valence-electron chi connectivity index (χ1n) is 12.7. The van der Waals surface area contributed by atoms with Crippen molar-refractivity contribution in [3.8, 4) is 6.19 Å². The van der Waals surface area contributed by atoms with E-state index in [1.54, 1.807) is 4.90 Å². The highest BCUT2D eigenvalue weighted by molar-refractivity contribution is 5.85. The molecule has 5 rings (SSSR count). The summed E-state index contributed by atoms with van der Waals surface area (Å²) in [6, 6.07) is 18.3. The molecule has 2 aromatic carbocycles. The number of benzene rings is 2. The number of aliphatic hydroxyl groups is 1. The zero-order chi connectivity index (χ0) is 25.1. The number of aromatic amines is 1. The molecule has 7 heteroatoms. The third-order valence-electron chi connectivity index (χ3n) is 7.96.